The van der Waals surface area contributed by atoms with Crippen LogP contribution in [0.1, 0.15) is 58.2 Å². The minimum Gasteiger partial charge on any atom is -0.509 e. The standard InChI is InChI=1S/C47H43N4O.Pt/c1-32-17-18-34(33-13-9-8-10-14-33)25-43(32)50-24-23-49(31-50)37-26-36(47(5,6)7)27-39(29-37)52-38-19-20-41-40-15-11-12-16-42(40)51(44(41)30-38)45-28-35(21-22-48-45)46(2,3)4;/h8-28,31H,1-7H3;/q-3;. The summed E-state index contributed by atoms with van der Waals surface area (Å²) in [4.78, 5) is 9.11. The number of aryl methyl sites for hydroxylation is 1. The predicted octanol–water partition coefficient (Wildman–Crippen LogP) is 12.1. The fourth-order valence-corrected chi connectivity index (χ4v) is 6.79. The molecule has 0 N–H and O–H groups in total. The van der Waals surface area contributed by atoms with Crippen LogP contribution in [0.4, 0.5) is 11.4 Å². The van der Waals surface area contributed by atoms with Crippen LogP contribution in [0, 0.1) is 25.7 Å². The first-order valence-electron chi connectivity index (χ1n) is 17.9. The molecule has 53 heavy (non-hydrogen) atoms. The van der Waals surface area contributed by atoms with Crippen LogP contribution in [0.3, 0.4) is 0 Å². The number of anilines is 2. The second-order valence-electron chi connectivity index (χ2n) is 15.7. The van der Waals surface area contributed by atoms with Crippen LogP contribution in [0.15, 0.2) is 128 Å². The number of nitrogens with zero attached hydrogens (tertiary/aromatic N) is 4. The van der Waals surface area contributed by atoms with E-state index in [1.165, 1.54) is 22.3 Å². The largest absolute Gasteiger partial charge is 0.509 e. The van der Waals surface area contributed by atoms with Crippen LogP contribution >= 0.6 is 0 Å². The van der Waals surface area contributed by atoms with E-state index in [0.29, 0.717) is 11.5 Å². The average molecular weight is 875 g/mol. The van der Waals surface area contributed by atoms with Gasteiger partial charge in [-0.25, -0.2) is 4.98 Å². The molecule has 0 amide bonds. The summed E-state index contributed by atoms with van der Waals surface area (Å²) >= 11 is 0. The van der Waals surface area contributed by atoms with Crippen molar-refractivity contribution in [3.63, 3.8) is 0 Å². The van der Waals surface area contributed by atoms with Crippen molar-refractivity contribution < 1.29 is 25.8 Å². The molecule has 270 valence electrons. The van der Waals surface area contributed by atoms with Crippen LogP contribution in [-0.4, -0.2) is 9.55 Å². The van der Waals surface area contributed by atoms with Crippen molar-refractivity contribution in [1.29, 1.82) is 0 Å². The molecule has 5 aromatic carbocycles. The number of aromatic nitrogens is 2. The summed E-state index contributed by atoms with van der Waals surface area (Å²) in [7, 11) is 0. The first-order chi connectivity index (χ1) is 24.9. The van der Waals surface area contributed by atoms with Gasteiger partial charge in [0, 0.05) is 50.0 Å². The fourth-order valence-electron chi connectivity index (χ4n) is 6.79. The van der Waals surface area contributed by atoms with Crippen molar-refractivity contribution in [2.24, 2.45) is 0 Å². The summed E-state index contributed by atoms with van der Waals surface area (Å²) < 4.78 is 8.85. The van der Waals surface area contributed by atoms with Crippen LogP contribution in [0.25, 0.3) is 38.8 Å². The van der Waals surface area contributed by atoms with E-state index in [0.717, 1.165) is 44.6 Å². The molecule has 0 aliphatic carbocycles. The van der Waals surface area contributed by atoms with Crippen LogP contribution in [0.2, 0.25) is 0 Å². The zero-order valence-electron chi connectivity index (χ0n) is 31.2. The van der Waals surface area contributed by atoms with Crippen LogP contribution < -0.4 is 14.5 Å². The Morgan fingerprint density at radius 3 is 2.15 bits per heavy atom. The van der Waals surface area contributed by atoms with E-state index in [4.69, 9.17) is 9.72 Å². The molecule has 7 aromatic rings. The number of benzene rings is 5. The maximum absolute atomic E-state index is 6.66. The Labute approximate surface area is 327 Å². The van der Waals surface area contributed by atoms with E-state index >= 15 is 0 Å². The van der Waals surface area contributed by atoms with Gasteiger partial charge in [0.25, 0.3) is 0 Å². The number of pyridine rings is 1. The number of ether oxygens (including phenoxy) is 1. The van der Waals surface area contributed by atoms with Gasteiger partial charge in [0.2, 0.25) is 0 Å². The van der Waals surface area contributed by atoms with Crippen molar-refractivity contribution in [3.8, 4) is 28.4 Å². The molecule has 3 heterocycles. The van der Waals surface area contributed by atoms with Gasteiger partial charge in [-0.15, -0.1) is 53.6 Å². The van der Waals surface area contributed by atoms with E-state index in [2.05, 4.69) is 191 Å². The molecule has 0 bridgehead atoms. The number of hydrogen-bond acceptors (Lipinski definition) is 4. The zero-order chi connectivity index (χ0) is 36.2. The molecule has 0 unspecified atom stereocenters. The minimum atomic E-state index is -0.116. The summed E-state index contributed by atoms with van der Waals surface area (Å²) in [5.41, 5.74) is 9.86. The molecular weight excluding hydrogens is 832 g/mol. The first-order valence-corrected chi connectivity index (χ1v) is 17.9. The quantitative estimate of drug-likeness (QED) is 0.156. The number of para-hydroxylation sites is 1. The molecule has 0 atom stereocenters. The third-order valence-corrected chi connectivity index (χ3v) is 9.82. The third-order valence-electron chi connectivity index (χ3n) is 9.82. The summed E-state index contributed by atoms with van der Waals surface area (Å²) in [6.45, 7) is 17.6. The van der Waals surface area contributed by atoms with Gasteiger partial charge in [-0.1, -0.05) is 108 Å². The SMILES string of the molecule is Cc1ccc(-c2ccccc2)cc1N1C=CN(c2[c-]c(Oc3[c-]c4c(cc3)c3ccccc3n4-c3cc(C(C)(C)C)ccn3)cc(C(C)(C)C)c2)[CH-]1.[Pt]. The van der Waals surface area contributed by atoms with Gasteiger partial charge in [0.05, 0.1) is 0 Å². The first kappa shape index (κ1) is 36.2. The van der Waals surface area contributed by atoms with E-state index < -0.39 is 0 Å². The molecule has 1 aliphatic heterocycles. The van der Waals surface area contributed by atoms with Crippen LogP contribution in [0.5, 0.6) is 11.5 Å². The Hall–Kier alpha value is -5.12. The van der Waals surface area contributed by atoms with E-state index in [-0.39, 0.29) is 31.9 Å². The molecule has 8 rings (SSSR count). The Bertz CT molecular complexity index is 2470. The normalized spacial score (nSPS) is 13.2. The predicted molar refractivity (Wildman–Crippen MR) is 215 cm³/mol. The maximum Gasteiger partial charge on any atom is 0.135 e. The van der Waals surface area contributed by atoms with E-state index in [9.17, 15) is 0 Å². The summed E-state index contributed by atoms with van der Waals surface area (Å²) in [6, 6.07) is 45.5. The molecule has 0 spiro atoms. The molecule has 0 saturated heterocycles. The molecule has 0 saturated carbocycles. The number of fused-ring (bicyclic) bond motifs is 3. The topological polar surface area (TPSA) is 33.5 Å². The van der Waals surface area contributed by atoms with Crippen molar-refractivity contribution in [3.05, 3.63) is 163 Å². The average Bonchev–Trinajstić information content (AvgIpc) is 3.75. The van der Waals surface area contributed by atoms with Gasteiger partial charge in [-0.3, -0.25) is 0 Å². The second kappa shape index (κ2) is 14.0. The molecule has 0 radical (unpaired) electrons. The van der Waals surface area contributed by atoms with Gasteiger partial charge >= 0.3 is 0 Å². The van der Waals surface area contributed by atoms with E-state index in [1.807, 2.05) is 18.3 Å². The smallest absolute Gasteiger partial charge is 0.135 e. The minimum absolute atomic E-state index is 0. The van der Waals surface area contributed by atoms with Gasteiger partial charge in [0.1, 0.15) is 5.82 Å². The molecule has 2 aromatic heterocycles. The van der Waals surface area contributed by atoms with Gasteiger partial charge in [0.15, 0.2) is 0 Å². The van der Waals surface area contributed by atoms with Crippen molar-refractivity contribution >= 4 is 33.2 Å². The number of rotatable bonds is 6. The molecule has 1 aliphatic rings. The summed E-state index contributed by atoms with van der Waals surface area (Å²) in [5, 5.41) is 2.25. The Morgan fingerprint density at radius 1 is 0.642 bits per heavy atom. The van der Waals surface area contributed by atoms with Gasteiger partial charge in [-0.05, 0) is 82.1 Å². The second-order valence-corrected chi connectivity index (χ2v) is 15.7. The zero-order valence-corrected chi connectivity index (χ0v) is 33.5. The molecule has 6 heteroatoms. The molecule has 5 nitrogen and oxygen atoms in total. The Kier molecular flexibility index (Phi) is 9.59. The van der Waals surface area contributed by atoms with Gasteiger partial charge in [-0.2, -0.15) is 6.07 Å². The monoisotopic (exact) mass is 874 g/mol. The maximum atomic E-state index is 6.66. The number of hydrogen-bond donors (Lipinski definition) is 0. The molecule has 0 fully saturated rings. The summed E-state index contributed by atoms with van der Waals surface area (Å²) in [5.74, 6) is 2.12. The molecular formula is C47H43N4OPt-3. The Morgan fingerprint density at radius 2 is 1.38 bits per heavy atom. The summed E-state index contributed by atoms with van der Waals surface area (Å²) in [6.07, 6.45) is 6.07. The third kappa shape index (κ3) is 7.15. The Balaban J connectivity index is 0.00000435. The van der Waals surface area contributed by atoms with Gasteiger partial charge < -0.3 is 19.1 Å². The van der Waals surface area contributed by atoms with Crippen molar-refractivity contribution in [1.82, 2.24) is 9.55 Å². The van der Waals surface area contributed by atoms with E-state index in [1.54, 1.807) is 0 Å². The van der Waals surface area contributed by atoms with Crippen LogP contribution in [-0.2, 0) is 31.9 Å². The van der Waals surface area contributed by atoms with Crippen molar-refractivity contribution in [2.75, 3.05) is 9.80 Å². The fraction of sp³-hybridized carbons (Fsp3) is 0.191. The van der Waals surface area contributed by atoms with Crippen molar-refractivity contribution in [2.45, 2.75) is 59.3 Å².